The summed E-state index contributed by atoms with van der Waals surface area (Å²) in [6, 6.07) is 5.19. The topological polar surface area (TPSA) is 90.5 Å². The molecule has 138 valence electrons. The fraction of sp³-hybridized carbons (Fsp3) is 0.471. The van der Waals surface area contributed by atoms with Crippen LogP contribution >= 0.6 is 12.4 Å². The SMILES string of the molecule is CNC1CCCN(C(=O)c2cc(NC(C)=O)cc(NC(C)=O)c2)C1.Cl. The Labute approximate surface area is 153 Å². The first kappa shape index (κ1) is 20.9. The smallest absolute Gasteiger partial charge is 0.254 e. The molecule has 0 aliphatic carbocycles. The molecule has 0 bridgehead atoms. The molecule has 1 aliphatic heterocycles. The summed E-state index contributed by atoms with van der Waals surface area (Å²) in [5, 5.41) is 8.53. The maximum atomic E-state index is 12.8. The second-order valence-corrected chi connectivity index (χ2v) is 6.04. The van der Waals surface area contributed by atoms with Crippen LogP contribution in [0.1, 0.15) is 37.0 Å². The lowest BCUT2D eigenvalue weighted by atomic mass is 10.0. The minimum Gasteiger partial charge on any atom is -0.337 e. The maximum Gasteiger partial charge on any atom is 0.254 e. The number of carbonyl (C=O) groups is 3. The van der Waals surface area contributed by atoms with Crippen molar-refractivity contribution in [1.29, 1.82) is 0 Å². The van der Waals surface area contributed by atoms with Crippen LogP contribution in [0.5, 0.6) is 0 Å². The third kappa shape index (κ3) is 6.03. The van der Waals surface area contributed by atoms with Gasteiger partial charge >= 0.3 is 0 Å². The molecule has 0 radical (unpaired) electrons. The molecule has 0 saturated carbocycles. The van der Waals surface area contributed by atoms with Crippen molar-refractivity contribution in [2.24, 2.45) is 0 Å². The lowest BCUT2D eigenvalue weighted by Crippen LogP contribution is -2.47. The van der Waals surface area contributed by atoms with Crippen LogP contribution in [0.15, 0.2) is 18.2 Å². The Hall–Kier alpha value is -2.12. The number of nitrogens with one attached hydrogen (secondary N) is 3. The van der Waals surface area contributed by atoms with Crippen LogP contribution < -0.4 is 16.0 Å². The number of halogens is 1. The molecule has 1 atom stereocenters. The third-order valence-electron chi connectivity index (χ3n) is 3.94. The normalized spacial score (nSPS) is 16.6. The summed E-state index contributed by atoms with van der Waals surface area (Å²) in [4.78, 5) is 37.2. The number of likely N-dealkylation sites (tertiary alicyclic amines) is 1. The largest absolute Gasteiger partial charge is 0.337 e. The zero-order valence-electron chi connectivity index (χ0n) is 14.7. The van der Waals surface area contributed by atoms with Crippen molar-refractivity contribution in [3.8, 4) is 0 Å². The van der Waals surface area contributed by atoms with E-state index in [1.165, 1.54) is 13.8 Å². The molecule has 3 N–H and O–H groups in total. The molecule has 1 unspecified atom stereocenters. The van der Waals surface area contributed by atoms with Gasteiger partial charge in [-0.25, -0.2) is 0 Å². The molecular formula is C17H25ClN4O3. The first-order valence-electron chi connectivity index (χ1n) is 8.06. The van der Waals surface area contributed by atoms with Crippen molar-refractivity contribution in [3.05, 3.63) is 23.8 Å². The van der Waals surface area contributed by atoms with Crippen LogP contribution in [0, 0.1) is 0 Å². The van der Waals surface area contributed by atoms with Crippen LogP contribution in [0.3, 0.4) is 0 Å². The average molecular weight is 369 g/mol. The van der Waals surface area contributed by atoms with Gasteiger partial charge in [0.1, 0.15) is 0 Å². The van der Waals surface area contributed by atoms with Gasteiger partial charge in [0.2, 0.25) is 11.8 Å². The number of nitrogens with zero attached hydrogens (tertiary/aromatic N) is 1. The Balaban J connectivity index is 0.00000312. The molecule has 1 aromatic rings. The Morgan fingerprint density at radius 2 is 1.60 bits per heavy atom. The average Bonchev–Trinajstić information content (AvgIpc) is 2.52. The van der Waals surface area contributed by atoms with E-state index in [4.69, 9.17) is 0 Å². The highest BCUT2D eigenvalue weighted by Gasteiger charge is 2.24. The minimum absolute atomic E-state index is 0. The summed E-state index contributed by atoms with van der Waals surface area (Å²) in [6.07, 6.45) is 1.99. The van der Waals surface area contributed by atoms with E-state index in [0.717, 1.165) is 12.8 Å². The molecular weight excluding hydrogens is 344 g/mol. The van der Waals surface area contributed by atoms with Gasteiger partial charge in [-0.15, -0.1) is 12.4 Å². The predicted octanol–water partition coefficient (Wildman–Crippen LogP) is 1.85. The van der Waals surface area contributed by atoms with Crippen molar-refractivity contribution in [2.45, 2.75) is 32.7 Å². The summed E-state index contributed by atoms with van der Waals surface area (Å²) < 4.78 is 0. The second-order valence-electron chi connectivity index (χ2n) is 6.04. The zero-order valence-corrected chi connectivity index (χ0v) is 15.5. The van der Waals surface area contributed by atoms with Crippen molar-refractivity contribution < 1.29 is 14.4 Å². The van der Waals surface area contributed by atoms with Crippen molar-refractivity contribution >= 4 is 41.5 Å². The molecule has 1 heterocycles. The maximum absolute atomic E-state index is 12.8. The molecule has 0 aromatic heterocycles. The van der Waals surface area contributed by atoms with Gasteiger partial charge in [-0.05, 0) is 38.1 Å². The molecule has 1 saturated heterocycles. The van der Waals surface area contributed by atoms with Crippen molar-refractivity contribution in [3.63, 3.8) is 0 Å². The molecule has 0 spiro atoms. The van der Waals surface area contributed by atoms with Gasteiger partial charge in [0.15, 0.2) is 0 Å². The monoisotopic (exact) mass is 368 g/mol. The van der Waals surface area contributed by atoms with Gasteiger partial charge in [-0.1, -0.05) is 0 Å². The number of likely N-dealkylation sites (N-methyl/N-ethyl adjacent to an activating group) is 1. The van der Waals surface area contributed by atoms with Crippen LogP contribution in [0.25, 0.3) is 0 Å². The van der Waals surface area contributed by atoms with Crippen LogP contribution in [-0.4, -0.2) is 48.8 Å². The van der Waals surface area contributed by atoms with E-state index in [1.54, 1.807) is 23.1 Å². The highest BCUT2D eigenvalue weighted by Crippen LogP contribution is 2.22. The summed E-state index contributed by atoms with van der Waals surface area (Å²) in [5.74, 6) is -0.572. The van der Waals surface area contributed by atoms with E-state index in [2.05, 4.69) is 16.0 Å². The standard InChI is InChI=1S/C17H24N4O3.ClH/c1-11(22)19-15-7-13(8-16(9-15)20-12(2)23)17(24)21-6-4-5-14(10-21)18-3;/h7-9,14,18H,4-6,10H2,1-3H3,(H,19,22)(H,20,23);1H. The number of hydrogen-bond acceptors (Lipinski definition) is 4. The number of piperidine rings is 1. The van der Waals surface area contributed by atoms with E-state index < -0.39 is 0 Å². The van der Waals surface area contributed by atoms with E-state index in [-0.39, 0.29) is 36.2 Å². The number of hydrogen-bond donors (Lipinski definition) is 3. The van der Waals surface area contributed by atoms with Crippen molar-refractivity contribution in [1.82, 2.24) is 10.2 Å². The van der Waals surface area contributed by atoms with Gasteiger partial charge < -0.3 is 20.9 Å². The molecule has 1 aromatic carbocycles. The number of amides is 3. The molecule has 1 fully saturated rings. The van der Waals surface area contributed by atoms with E-state index in [0.29, 0.717) is 30.0 Å². The van der Waals surface area contributed by atoms with Gasteiger partial charge in [0, 0.05) is 49.9 Å². The molecule has 7 nitrogen and oxygen atoms in total. The predicted molar refractivity (Wildman–Crippen MR) is 100 cm³/mol. The van der Waals surface area contributed by atoms with E-state index in [9.17, 15) is 14.4 Å². The van der Waals surface area contributed by atoms with Gasteiger partial charge in [-0.3, -0.25) is 14.4 Å². The summed E-state index contributed by atoms with van der Waals surface area (Å²) in [6.45, 7) is 4.15. The third-order valence-corrected chi connectivity index (χ3v) is 3.94. The van der Waals surface area contributed by atoms with Crippen LogP contribution in [0.2, 0.25) is 0 Å². The van der Waals surface area contributed by atoms with E-state index in [1.807, 2.05) is 7.05 Å². The molecule has 3 amide bonds. The molecule has 25 heavy (non-hydrogen) atoms. The lowest BCUT2D eigenvalue weighted by molar-refractivity contribution is -0.115. The number of carbonyl (C=O) groups excluding carboxylic acids is 3. The van der Waals surface area contributed by atoms with Gasteiger partial charge in [0.05, 0.1) is 0 Å². The fourth-order valence-electron chi connectivity index (χ4n) is 2.88. The Bertz CT molecular complexity index is 617. The second kappa shape index (κ2) is 9.39. The quantitative estimate of drug-likeness (QED) is 0.756. The highest BCUT2D eigenvalue weighted by atomic mass is 35.5. The highest BCUT2D eigenvalue weighted by molar-refractivity contribution is 6.00. The van der Waals surface area contributed by atoms with Gasteiger partial charge in [0.25, 0.3) is 5.91 Å². The lowest BCUT2D eigenvalue weighted by Gasteiger charge is -2.32. The molecule has 2 rings (SSSR count). The molecule has 8 heteroatoms. The fourth-order valence-corrected chi connectivity index (χ4v) is 2.88. The Kier molecular flexibility index (Phi) is 7.86. The van der Waals surface area contributed by atoms with Gasteiger partial charge in [-0.2, -0.15) is 0 Å². The van der Waals surface area contributed by atoms with Crippen LogP contribution in [-0.2, 0) is 9.59 Å². The first-order valence-corrected chi connectivity index (χ1v) is 8.06. The van der Waals surface area contributed by atoms with Crippen molar-refractivity contribution in [2.75, 3.05) is 30.8 Å². The Morgan fingerprint density at radius 1 is 1.04 bits per heavy atom. The Morgan fingerprint density at radius 3 is 2.08 bits per heavy atom. The van der Waals surface area contributed by atoms with E-state index >= 15 is 0 Å². The number of anilines is 2. The number of rotatable bonds is 4. The number of benzene rings is 1. The summed E-state index contributed by atoms with van der Waals surface area (Å²) in [7, 11) is 1.89. The zero-order chi connectivity index (χ0) is 17.7. The minimum atomic E-state index is -0.235. The molecule has 1 aliphatic rings. The summed E-state index contributed by atoms with van der Waals surface area (Å²) >= 11 is 0. The van der Waals surface area contributed by atoms with Crippen LogP contribution in [0.4, 0.5) is 11.4 Å². The first-order chi connectivity index (χ1) is 11.4. The summed E-state index contributed by atoms with van der Waals surface area (Å²) in [5.41, 5.74) is 1.42.